The average molecular weight is 811 g/mol. The summed E-state index contributed by atoms with van der Waals surface area (Å²) in [6, 6.07) is 42.3. The number of nitrogens with two attached hydrogens (primary N) is 5. The molecular weight excluding hydrogens is 769 g/mol. The smallest absolute Gasteiger partial charge is 0.440 e. The summed E-state index contributed by atoms with van der Waals surface area (Å²) < 4.78 is 35.8. The standard InChI is InChI=1S/C39H41N8O6P3/c1-2-3-28-4-16-38(17-5-28)52-56(53-39-26-14-33(44)15-27-39)45-54(50-36-22-10-31(42)11-23-36)46(48-34-18-6-29(40)7-19-34)55(51-37-24-12-32(43)13-25-37)47(56)49-35-20-8-30(41)9-21-35/h4-27H,2-3,40-44H2,1H3. The summed E-state index contributed by atoms with van der Waals surface area (Å²) in [6.45, 7) is 2.13. The molecule has 6 aromatic carbocycles. The molecule has 1 aliphatic rings. The molecule has 56 heavy (non-hydrogen) atoms. The van der Waals surface area contributed by atoms with Crippen molar-refractivity contribution in [1.82, 2.24) is 9.21 Å². The van der Waals surface area contributed by atoms with Gasteiger partial charge < -0.3 is 56.4 Å². The molecule has 288 valence electrons. The summed E-state index contributed by atoms with van der Waals surface area (Å²) in [7, 11) is -8.47. The van der Waals surface area contributed by atoms with E-state index >= 15 is 0 Å². The van der Waals surface area contributed by atoms with Crippen molar-refractivity contribution in [3.8, 4) is 34.5 Å². The summed E-state index contributed by atoms with van der Waals surface area (Å²) in [5.74, 6) is 2.53. The highest BCUT2D eigenvalue weighted by atomic mass is 31.3. The van der Waals surface area contributed by atoms with Crippen LogP contribution in [0.15, 0.2) is 150 Å². The topological polar surface area (TPSA) is 204 Å². The van der Waals surface area contributed by atoms with Crippen molar-refractivity contribution in [3.05, 3.63) is 151 Å². The molecule has 7 rings (SSSR count). The Bertz CT molecular complexity index is 2250. The maximum atomic E-state index is 7.01. The van der Waals surface area contributed by atoms with Crippen LogP contribution in [0.5, 0.6) is 34.5 Å². The van der Waals surface area contributed by atoms with Crippen molar-refractivity contribution in [2.45, 2.75) is 19.8 Å². The number of hydrogen-bond acceptors (Lipinski definition) is 14. The molecule has 3 unspecified atom stereocenters. The Labute approximate surface area is 327 Å². The van der Waals surface area contributed by atoms with Crippen molar-refractivity contribution in [2.75, 3.05) is 28.7 Å². The summed E-state index contributed by atoms with van der Waals surface area (Å²) >= 11 is 0. The second-order valence-electron chi connectivity index (χ2n) is 12.4. The van der Waals surface area contributed by atoms with Crippen LogP contribution in [-0.2, 0) is 6.42 Å². The third-order valence-corrected chi connectivity index (χ3v) is 14.8. The molecule has 14 nitrogen and oxygen atoms in total. The van der Waals surface area contributed by atoms with Crippen LogP contribution in [0, 0.1) is 0 Å². The highest BCUT2D eigenvalue weighted by molar-refractivity contribution is 7.78. The zero-order valence-electron chi connectivity index (χ0n) is 30.3. The number of nitrogen functional groups attached to an aromatic ring is 5. The largest absolute Gasteiger partial charge is 0.447 e. The lowest BCUT2D eigenvalue weighted by molar-refractivity contribution is 0.0546. The zero-order chi connectivity index (χ0) is 39.1. The number of rotatable bonds is 14. The van der Waals surface area contributed by atoms with Gasteiger partial charge in [-0.1, -0.05) is 25.5 Å². The Morgan fingerprint density at radius 2 is 0.857 bits per heavy atom. The molecule has 10 N–H and O–H groups in total. The SMILES string of the molecule is CCCc1ccc(OP2(Oc3ccc(N)cc3)=NP(Oc3ccc(N)cc3)N(Oc3ccc(N)cc3)P(Oc3ccc(N)cc3)N2Oc2ccc(N)cc2)cc1. The minimum Gasteiger partial charge on any atom is -0.440 e. The van der Waals surface area contributed by atoms with E-state index in [1.807, 2.05) is 24.3 Å². The summed E-state index contributed by atoms with van der Waals surface area (Å²) in [4.78, 5) is 13.5. The fourth-order valence-corrected chi connectivity index (χ4v) is 12.6. The molecule has 6 aromatic rings. The molecule has 0 aliphatic carbocycles. The van der Waals surface area contributed by atoms with E-state index in [2.05, 4.69) is 6.92 Å². The third-order valence-electron chi connectivity index (χ3n) is 7.90. The molecular formula is C39H41N8O6P3. The number of anilines is 5. The van der Waals surface area contributed by atoms with E-state index in [0.717, 1.165) is 18.4 Å². The van der Waals surface area contributed by atoms with Crippen molar-refractivity contribution in [1.29, 1.82) is 0 Å². The minimum atomic E-state index is -3.94. The molecule has 0 saturated carbocycles. The van der Waals surface area contributed by atoms with Gasteiger partial charge in [-0.2, -0.15) is 0 Å². The number of nitrogens with zero attached hydrogens (tertiary/aromatic N) is 3. The van der Waals surface area contributed by atoms with E-state index < -0.39 is 24.6 Å². The molecule has 1 aliphatic heterocycles. The second kappa shape index (κ2) is 17.3. The maximum Gasteiger partial charge on any atom is 0.447 e. The normalized spacial score (nSPS) is 18.3. The molecule has 0 radical (unpaired) electrons. The first kappa shape index (κ1) is 38.4. The van der Waals surface area contributed by atoms with Crippen molar-refractivity contribution in [2.24, 2.45) is 4.52 Å². The quantitative estimate of drug-likeness (QED) is 0.0514. The van der Waals surface area contributed by atoms with E-state index in [4.69, 9.17) is 61.0 Å². The lowest BCUT2D eigenvalue weighted by Crippen LogP contribution is -2.37. The van der Waals surface area contributed by atoms with E-state index in [1.54, 1.807) is 121 Å². The predicted molar refractivity (Wildman–Crippen MR) is 225 cm³/mol. The van der Waals surface area contributed by atoms with Crippen LogP contribution in [0.3, 0.4) is 0 Å². The molecule has 0 bridgehead atoms. The van der Waals surface area contributed by atoms with E-state index in [-0.39, 0.29) is 0 Å². The molecule has 0 spiro atoms. The highest BCUT2D eigenvalue weighted by Crippen LogP contribution is 2.77. The summed E-state index contributed by atoms with van der Waals surface area (Å²) in [5, 5.41) is 0. The van der Waals surface area contributed by atoms with Crippen LogP contribution in [-0.4, -0.2) is 9.21 Å². The Balaban J connectivity index is 1.47. The second-order valence-corrected chi connectivity index (χ2v) is 17.9. The van der Waals surface area contributed by atoms with E-state index in [0.29, 0.717) is 62.9 Å². The number of benzene rings is 6. The fraction of sp³-hybridized carbons (Fsp3) is 0.0769. The number of hydrogen-bond donors (Lipinski definition) is 5. The Morgan fingerprint density at radius 3 is 1.30 bits per heavy atom. The van der Waals surface area contributed by atoms with Crippen LogP contribution in [0.1, 0.15) is 18.9 Å². The van der Waals surface area contributed by atoms with E-state index in [9.17, 15) is 0 Å². The van der Waals surface area contributed by atoms with Crippen LogP contribution in [0.2, 0.25) is 0 Å². The predicted octanol–water partition coefficient (Wildman–Crippen LogP) is 10.2. The van der Waals surface area contributed by atoms with Crippen LogP contribution < -0.4 is 56.4 Å². The molecule has 0 aromatic heterocycles. The third kappa shape index (κ3) is 9.49. The van der Waals surface area contributed by atoms with Gasteiger partial charge in [-0.25, -0.2) is 0 Å². The maximum absolute atomic E-state index is 7.01. The average Bonchev–Trinajstić information content (AvgIpc) is 3.19. The van der Waals surface area contributed by atoms with E-state index in [1.165, 1.54) is 9.21 Å². The molecule has 0 amide bonds. The lowest BCUT2D eigenvalue weighted by atomic mass is 10.1. The van der Waals surface area contributed by atoms with Crippen molar-refractivity contribution in [3.63, 3.8) is 0 Å². The lowest BCUT2D eigenvalue weighted by Gasteiger charge is -2.43. The van der Waals surface area contributed by atoms with Gasteiger partial charge in [-0.3, -0.25) is 0 Å². The highest BCUT2D eigenvalue weighted by Gasteiger charge is 2.58. The van der Waals surface area contributed by atoms with Crippen LogP contribution in [0.25, 0.3) is 0 Å². The molecule has 3 atom stereocenters. The minimum absolute atomic E-state index is 0.382. The first-order valence-electron chi connectivity index (χ1n) is 17.5. The monoisotopic (exact) mass is 810 g/mol. The van der Waals surface area contributed by atoms with Crippen molar-refractivity contribution >= 4 is 53.0 Å². The first-order chi connectivity index (χ1) is 27.1. The van der Waals surface area contributed by atoms with Gasteiger partial charge in [0.15, 0.2) is 0 Å². The van der Waals surface area contributed by atoms with Gasteiger partial charge in [0.1, 0.15) is 34.5 Å². The molecule has 0 saturated heterocycles. The van der Waals surface area contributed by atoms with Gasteiger partial charge >= 0.3 is 24.6 Å². The zero-order valence-corrected chi connectivity index (χ0v) is 33.0. The van der Waals surface area contributed by atoms with Gasteiger partial charge in [-0.05, 0) is 145 Å². The summed E-state index contributed by atoms with van der Waals surface area (Å²) in [5.41, 5.74) is 34.3. The first-order valence-corrected chi connectivity index (χ1v) is 21.3. The van der Waals surface area contributed by atoms with Gasteiger partial charge in [0.25, 0.3) is 0 Å². The Hall–Kier alpha value is -5.87. The van der Waals surface area contributed by atoms with Gasteiger partial charge in [0.2, 0.25) is 0 Å². The fourth-order valence-electron chi connectivity index (χ4n) is 5.10. The van der Waals surface area contributed by atoms with Crippen LogP contribution >= 0.6 is 24.6 Å². The Morgan fingerprint density at radius 1 is 0.482 bits per heavy atom. The van der Waals surface area contributed by atoms with Crippen LogP contribution in [0.4, 0.5) is 28.4 Å². The number of aryl methyl sites for hydroxylation is 1. The van der Waals surface area contributed by atoms with Gasteiger partial charge in [0.05, 0.1) is 0 Å². The van der Waals surface area contributed by atoms with Gasteiger partial charge in [-0.15, -0.1) is 4.52 Å². The van der Waals surface area contributed by atoms with Crippen molar-refractivity contribution < 1.29 is 27.8 Å². The molecule has 0 fully saturated rings. The van der Waals surface area contributed by atoms with Gasteiger partial charge in [0, 0.05) is 37.6 Å². The molecule has 17 heteroatoms. The molecule has 1 heterocycles. The Kier molecular flexibility index (Phi) is 11.9. The summed E-state index contributed by atoms with van der Waals surface area (Å²) in [6.07, 6.45) is 1.89.